The molecule has 96 valence electrons. The highest BCUT2D eigenvalue weighted by atomic mass is 16.5. The van der Waals surface area contributed by atoms with E-state index < -0.39 is 11.4 Å². The first kappa shape index (κ1) is 13.9. The van der Waals surface area contributed by atoms with Crippen molar-refractivity contribution in [3.05, 3.63) is 0 Å². The Morgan fingerprint density at radius 3 is 2.71 bits per heavy atom. The standard InChI is InChI=1S/C13H20O4/c1-2-17-12(16)13(9-10-14)8-6-4-3-5-7-11(13)15/h10H,2-9H2,1H3. The average molecular weight is 240 g/mol. The van der Waals surface area contributed by atoms with Crippen molar-refractivity contribution in [3.63, 3.8) is 0 Å². The first-order valence-electron chi connectivity index (χ1n) is 6.31. The topological polar surface area (TPSA) is 60.4 Å². The number of aldehydes is 1. The molecule has 0 aliphatic heterocycles. The van der Waals surface area contributed by atoms with Crippen molar-refractivity contribution in [2.45, 2.75) is 51.9 Å². The molecular formula is C13H20O4. The number of hydrogen-bond acceptors (Lipinski definition) is 4. The minimum atomic E-state index is -1.20. The van der Waals surface area contributed by atoms with E-state index in [-0.39, 0.29) is 18.8 Å². The molecule has 0 heterocycles. The number of carbonyl (C=O) groups excluding carboxylic acids is 3. The summed E-state index contributed by atoms with van der Waals surface area (Å²) in [5.74, 6) is -0.637. The maximum absolute atomic E-state index is 12.1. The van der Waals surface area contributed by atoms with Gasteiger partial charge in [0.15, 0.2) is 5.78 Å². The second-order valence-corrected chi connectivity index (χ2v) is 4.51. The van der Waals surface area contributed by atoms with E-state index >= 15 is 0 Å². The molecule has 0 amide bonds. The highest BCUT2D eigenvalue weighted by Gasteiger charge is 2.45. The van der Waals surface area contributed by atoms with Crippen LogP contribution in [0.2, 0.25) is 0 Å². The van der Waals surface area contributed by atoms with Gasteiger partial charge in [-0.15, -0.1) is 0 Å². The number of rotatable bonds is 4. The normalized spacial score (nSPS) is 25.8. The number of carbonyl (C=O) groups is 3. The fraction of sp³-hybridized carbons (Fsp3) is 0.769. The highest BCUT2D eigenvalue weighted by molar-refractivity contribution is 6.05. The van der Waals surface area contributed by atoms with E-state index in [0.717, 1.165) is 25.7 Å². The molecule has 0 N–H and O–H groups in total. The molecule has 1 atom stereocenters. The van der Waals surface area contributed by atoms with Gasteiger partial charge < -0.3 is 9.53 Å². The van der Waals surface area contributed by atoms with Crippen molar-refractivity contribution >= 4 is 18.0 Å². The van der Waals surface area contributed by atoms with Crippen molar-refractivity contribution in [1.29, 1.82) is 0 Å². The van der Waals surface area contributed by atoms with Gasteiger partial charge in [-0.25, -0.2) is 0 Å². The molecule has 0 spiro atoms. The zero-order chi connectivity index (χ0) is 12.7. The van der Waals surface area contributed by atoms with Crippen molar-refractivity contribution in [2.24, 2.45) is 5.41 Å². The third kappa shape index (κ3) is 3.14. The first-order chi connectivity index (χ1) is 8.17. The molecule has 1 saturated carbocycles. The maximum Gasteiger partial charge on any atom is 0.320 e. The third-order valence-corrected chi connectivity index (χ3v) is 3.39. The second kappa shape index (κ2) is 6.52. The van der Waals surface area contributed by atoms with Crippen LogP contribution in [0.25, 0.3) is 0 Å². The lowest BCUT2D eigenvalue weighted by molar-refractivity contribution is -0.162. The number of ether oxygens (including phenoxy) is 1. The summed E-state index contributed by atoms with van der Waals surface area (Å²) >= 11 is 0. The van der Waals surface area contributed by atoms with Crippen LogP contribution < -0.4 is 0 Å². The van der Waals surface area contributed by atoms with Crippen LogP contribution >= 0.6 is 0 Å². The molecule has 0 saturated heterocycles. The summed E-state index contributed by atoms with van der Waals surface area (Å²) in [6, 6.07) is 0. The van der Waals surface area contributed by atoms with Crippen LogP contribution in [0, 0.1) is 5.41 Å². The van der Waals surface area contributed by atoms with E-state index in [1.807, 2.05) is 0 Å². The number of hydrogen-bond donors (Lipinski definition) is 0. The van der Waals surface area contributed by atoms with Crippen LogP contribution in [0.4, 0.5) is 0 Å². The zero-order valence-electron chi connectivity index (χ0n) is 10.4. The predicted molar refractivity (Wildman–Crippen MR) is 62.5 cm³/mol. The van der Waals surface area contributed by atoms with Crippen molar-refractivity contribution < 1.29 is 19.1 Å². The van der Waals surface area contributed by atoms with Gasteiger partial charge in [-0.2, -0.15) is 0 Å². The van der Waals surface area contributed by atoms with Crippen LogP contribution in [0.15, 0.2) is 0 Å². The maximum atomic E-state index is 12.1. The number of esters is 1. The summed E-state index contributed by atoms with van der Waals surface area (Å²) < 4.78 is 4.99. The Morgan fingerprint density at radius 1 is 1.35 bits per heavy atom. The van der Waals surface area contributed by atoms with E-state index in [4.69, 9.17) is 4.74 Å². The highest BCUT2D eigenvalue weighted by Crippen LogP contribution is 2.35. The average Bonchev–Trinajstić information content (AvgIpc) is 2.29. The minimum Gasteiger partial charge on any atom is -0.465 e. The summed E-state index contributed by atoms with van der Waals surface area (Å²) in [4.78, 5) is 34.9. The van der Waals surface area contributed by atoms with Crippen molar-refractivity contribution in [3.8, 4) is 0 Å². The van der Waals surface area contributed by atoms with Gasteiger partial charge in [-0.3, -0.25) is 9.59 Å². The first-order valence-corrected chi connectivity index (χ1v) is 6.31. The fourth-order valence-electron chi connectivity index (χ4n) is 2.37. The molecule has 0 aromatic rings. The summed E-state index contributed by atoms with van der Waals surface area (Å²) in [5, 5.41) is 0. The number of ketones is 1. The molecule has 4 heteroatoms. The Hall–Kier alpha value is -1.19. The molecule has 17 heavy (non-hydrogen) atoms. The van der Waals surface area contributed by atoms with Crippen molar-refractivity contribution in [1.82, 2.24) is 0 Å². The Labute approximate surface area is 102 Å². The largest absolute Gasteiger partial charge is 0.465 e. The zero-order valence-corrected chi connectivity index (χ0v) is 10.4. The molecule has 1 aliphatic carbocycles. The van der Waals surface area contributed by atoms with E-state index in [0.29, 0.717) is 19.1 Å². The quantitative estimate of drug-likeness (QED) is 0.428. The Bertz CT molecular complexity index is 288. The van der Waals surface area contributed by atoms with Crippen molar-refractivity contribution in [2.75, 3.05) is 6.61 Å². The molecule has 1 aliphatic rings. The van der Waals surface area contributed by atoms with E-state index in [1.54, 1.807) is 6.92 Å². The lowest BCUT2D eigenvalue weighted by Gasteiger charge is -2.29. The van der Waals surface area contributed by atoms with Crippen LogP contribution in [-0.4, -0.2) is 24.6 Å². The molecule has 1 fully saturated rings. The molecule has 0 bridgehead atoms. The van der Waals surface area contributed by atoms with Crippen LogP contribution in [0.1, 0.15) is 51.9 Å². The second-order valence-electron chi connectivity index (χ2n) is 4.51. The Kier molecular flexibility index (Phi) is 5.32. The molecule has 0 aromatic carbocycles. The third-order valence-electron chi connectivity index (χ3n) is 3.39. The van der Waals surface area contributed by atoms with Gasteiger partial charge in [0.25, 0.3) is 0 Å². The summed E-state index contributed by atoms with van der Waals surface area (Å²) in [6.07, 6.45) is 5.09. The monoisotopic (exact) mass is 240 g/mol. The SMILES string of the molecule is CCOC(=O)C1(CC=O)CCCCCCC1=O. The van der Waals surface area contributed by atoms with Gasteiger partial charge in [0.2, 0.25) is 0 Å². The lowest BCUT2D eigenvalue weighted by atomic mass is 9.73. The van der Waals surface area contributed by atoms with Gasteiger partial charge in [-0.1, -0.05) is 19.3 Å². The van der Waals surface area contributed by atoms with Crippen LogP contribution in [0.5, 0.6) is 0 Å². The van der Waals surface area contributed by atoms with Crippen LogP contribution in [0.3, 0.4) is 0 Å². The molecular weight excluding hydrogens is 220 g/mol. The van der Waals surface area contributed by atoms with E-state index in [9.17, 15) is 14.4 Å². The van der Waals surface area contributed by atoms with Gasteiger partial charge in [0.1, 0.15) is 11.7 Å². The van der Waals surface area contributed by atoms with Gasteiger partial charge >= 0.3 is 5.97 Å². The van der Waals surface area contributed by atoms with E-state index in [2.05, 4.69) is 0 Å². The van der Waals surface area contributed by atoms with Gasteiger partial charge in [0.05, 0.1) is 6.61 Å². The molecule has 0 aromatic heterocycles. The Morgan fingerprint density at radius 2 is 2.06 bits per heavy atom. The minimum absolute atomic E-state index is 0.0370. The summed E-state index contributed by atoms with van der Waals surface area (Å²) in [6.45, 7) is 1.95. The summed E-state index contributed by atoms with van der Waals surface area (Å²) in [5.41, 5.74) is -1.20. The van der Waals surface area contributed by atoms with Crippen LogP contribution in [-0.2, 0) is 19.1 Å². The number of Topliss-reactive ketones (excluding diaryl/α,β-unsaturated/α-hetero) is 1. The van der Waals surface area contributed by atoms with Gasteiger partial charge in [0, 0.05) is 12.8 Å². The molecule has 1 unspecified atom stereocenters. The fourth-order valence-corrected chi connectivity index (χ4v) is 2.37. The molecule has 1 rings (SSSR count). The molecule has 4 nitrogen and oxygen atoms in total. The van der Waals surface area contributed by atoms with Gasteiger partial charge in [-0.05, 0) is 19.8 Å². The summed E-state index contributed by atoms with van der Waals surface area (Å²) in [7, 11) is 0. The predicted octanol–water partition coefficient (Wildman–Crippen LogP) is 2.05. The lowest BCUT2D eigenvalue weighted by Crippen LogP contribution is -2.41. The smallest absolute Gasteiger partial charge is 0.320 e. The Balaban J connectivity index is 2.94. The van der Waals surface area contributed by atoms with E-state index in [1.165, 1.54) is 0 Å². The molecule has 0 radical (unpaired) electrons.